The molecule has 2 atom stereocenters. The Morgan fingerprint density at radius 1 is 1.13 bits per heavy atom. The van der Waals surface area contributed by atoms with E-state index in [1.165, 1.54) is 0 Å². The van der Waals surface area contributed by atoms with Gasteiger partial charge in [0.1, 0.15) is 12.1 Å². The molecule has 0 spiro atoms. The molecule has 0 radical (unpaired) electrons. The van der Waals surface area contributed by atoms with Gasteiger partial charge in [-0.1, -0.05) is 54.6 Å². The van der Waals surface area contributed by atoms with Gasteiger partial charge < -0.3 is 10.2 Å². The molecule has 0 bridgehead atoms. The molecule has 1 saturated carbocycles. The van der Waals surface area contributed by atoms with Crippen LogP contribution in [0.5, 0.6) is 0 Å². The first kappa shape index (κ1) is 21.1. The van der Waals surface area contributed by atoms with Gasteiger partial charge >= 0.3 is 6.03 Å². The molecule has 2 fully saturated rings. The maximum atomic E-state index is 13.3. The Morgan fingerprint density at radius 2 is 1.77 bits per heavy atom. The third kappa shape index (κ3) is 4.07. The lowest BCUT2D eigenvalue weighted by molar-refractivity contribution is -0.140. The third-order valence-electron chi connectivity index (χ3n) is 6.56. The number of benzene rings is 2. The summed E-state index contributed by atoms with van der Waals surface area (Å²) in [6, 6.07) is 16.9. The highest BCUT2D eigenvalue weighted by Gasteiger charge is 2.50. The van der Waals surface area contributed by atoms with Crippen LogP contribution in [0.4, 0.5) is 4.79 Å². The summed E-state index contributed by atoms with van der Waals surface area (Å²) in [7, 11) is 0. The van der Waals surface area contributed by atoms with Gasteiger partial charge in [-0.15, -0.1) is 0 Å². The minimum atomic E-state index is -1.17. The van der Waals surface area contributed by atoms with Crippen LogP contribution < -0.4 is 5.32 Å². The van der Waals surface area contributed by atoms with Crippen molar-refractivity contribution in [1.29, 1.82) is 0 Å². The fraction of sp³-hybridized carbons (Fsp3) is 0.400. The van der Waals surface area contributed by atoms with Gasteiger partial charge in [0.25, 0.3) is 5.91 Å². The predicted octanol–water partition coefficient (Wildman–Crippen LogP) is 3.59. The summed E-state index contributed by atoms with van der Waals surface area (Å²) >= 11 is 0. The molecular formula is C25H29N3O3. The standard InChI is InChI=1S/C25H29N3O3/c1-17-9-7-8-12-21(17)25(3)23(30)28(24(31)26-25)16-22(29)27(18(2)20-13-14-20)15-19-10-5-4-6-11-19/h4-12,18,20H,13-16H2,1-3H3,(H,26,31). The predicted molar refractivity (Wildman–Crippen MR) is 118 cm³/mol. The molecule has 1 aliphatic heterocycles. The summed E-state index contributed by atoms with van der Waals surface area (Å²) in [5.41, 5.74) is 1.52. The summed E-state index contributed by atoms with van der Waals surface area (Å²) in [6.45, 7) is 5.88. The molecular weight excluding hydrogens is 390 g/mol. The second kappa shape index (κ2) is 8.17. The van der Waals surface area contributed by atoms with E-state index in [0.717, 1.165) is 34.4 Å². The Balaban J connectivity index is 1.55. The zero-order valence-corrected chi connectivity index (χ0v) is 18.3. The number of aryl methyl sites for hydroxylation is 1. The van der Waals surface area contributed by atoms with Crippen molar-refractivity contribution < 1.29 is 14.4 Å². The SMILES string of the molecule is Cc1ccccc1C1(C)NC(=O)N(CC(=O)N(Cc2ccccc2)C(C)C2CC2)C1=O. The number of amides is 4. The van der Waals surface area contributed by atoms with Crippen LogP contribution in [-0.2, 0) is 21.7 Å². The molecule has 2 unspecified atom stereocenters. The fourth-order valence-electron chi connectivity index (χ4n) is 4.46. The zero-order valence-electron chi connectivity index (χ0n) is 18.3. The van der Waals surface area contributed by atoms with Crippen molar-refractivity contribution in [3.63, 3.8) is 0 Å². The normalized spacial score (nSPS) is 21.7. The molecule has 2 aromatic rings. The average molecular weight is 420 g/mol. The first-order chi connectivity index (χ1) is 14.8. The molecule has 1 heterocycles. The van der Waals surface area contributed by atoms with E-state index in [1.54, 1.807) is 6.92 Å². The summed E-state index contributed by atoms with van der Waals surface area (Å²) in [5.74, 6) is -0.118. The number of urea groups is 1. The van der Waals surface area contributed by atoms with Crippen molar-refractivity contribution in [2.75, 3.05) is 6.54 Å². The Bertz CT molecular complexity index is 1000. The lowest BCUT2D eigenvalue weighted by Crippen LogP contribution is -2.47. The lowest BCUT2D eigenvalue weighted by atomic mass is 9.88. The second-order valence-electron chi connectivity index (χ2n) is 8.85. The number of nitrogens with one attached hydrogen (secondary N) is 1. The van der Waals surface area contributed by atoms with Crippen molar-refractivity contribution in [1.82, 2.24) is 15.1 Å². The zero-order chi connectivity index (χ0) is 22.2. The van der Waals surface area contributed by atoms with Gasteiger partial charge in [-0.05, 0) is 56.2 Å². The van der Waals surface area contributed by atoms with E-state index < -0.39 is 11.6 Å². The molecule has 1 aliphatic carbocycles. The molecule has 2 aliphatic rings. The van der Waals surface area contributed by atoms with E-state index in [0.29, 0.717) is 12.5 Å². The maximum Gasteiger partial charge on any atom is 0.325 e. The van der Waals surface area contributed by atoms with Crippen molar-refractivity contribution in [2.45, 2.75) is 51.7 Å². The summed E-state index contributed by atoms with van der Waals surface area (Å²) in [5, 5.41) is 2.81. The van der Waals surface area contributed by atoms with E-state index in [-0.39, 0.29) is 24.4 Å². The molecule has 6 nitrogen and oxygen atoms in total. The summed E-state index contributed by atoms with van der Waals surface area (Å²) < 4.78 is 0. The van der Waals surface area contributed by atoms with Crippen molar-refractivity contribution in [3.05, 3.63) is 71.3 Å². The Kier molecular flexibility index (Phi) is 5.56. The monoisotopic (exact) mass is 419 g/mol. The van der Waals surface area contributed by atoms with Gasteiger partial charge in [-0.3, -0.25) is 14.5 Å². The van der Waals surface area contributed by atoms with Crippen molar-refractivity contribution in [3.8, 4) is 0 Å². The molecule has 0 aromatic heterocycles. The minimum Gasteiger partial charge on any atom is -0.334 e. The van der Waals surface area contributed by atoms with Crippen LogP contribution >= 0.6 is 0 Å². The number of hydrogen-bond acceptors (Lipinski definition) is 3. The first-order valence-corrected chi connectivity index (χ1v) is 10.8. The Morgan fingerprint density at radius 3 is 2.42 bits per heavy atom. The Labute approximate surface area is 183 Å². The first-order valence-electron chi connectivity index (χ1n) is 10.8. The quantitative estimate of drug-likeness (QED) is 0.698. The topological polar surface area (TPSA) is 69.7 Å². The lowest BCUT2D eigenvalue weighted by Gasteiger charge is -2.31. The number of rotatable bonds is 7. The average Bonchev–Trinajstić information content (AvgIpc) is 3.58. The summed E-state index contributed by atoms with van der Waals surface area (Å²) in [6.07, 6.45) is 2.21. The molecule has 4 amide bonds. The van der Waals surface area contributed by atoms with Crippen molar-refractivity contribution >= 4 is 17.8 Å². The highest BCUT2D eigenvalue weighted by Crippen LogP contribution is 2.36. The van der Waals surface area contributed by atoms with E-state index >= 15 is 0 Å². The molecule has 6 heteroatoms. The molecule has 162 valence electrons. The molecule has 4 rings (SSSR count). The number of hydrogen-bond donors (Lipinski definition) is 1. The van der Waals surface area contributed by atoms with Crippen LogP contribution in [0.1, 0.15) is 43.4 Å². The van der Waals surface area contributed by atoms with Gasteiger partial charge in [-0.2, -0.15) is 0 Å². The number of carbonyl (C=O) groups excluding carboxylic acids is 3. The summed E-state index contributed by atoms with van der Waals surface area (Å²) in [4.78, 5) is 42.2. The number of imide groups is 1. The second-order valence-corrected chi connectivity index (χ2v) is 8.85. The highest BCUT2D eigenvalue weighted by molar-refractivity contribution is 6.09. The van der Waals surface area contributed by atoms with Gasteiger partial charge in [0, 0.05) is 12.6 Å². The van der Waals surface area contributed by atoms with Crippen LogP contribution in [0, 0.1) is 12.8 Å². The van der Waals surface area contributed by atoms with Crippen LogP contribution in [0.2, 0.25) is 0 Å². The van der Waals surface area contributed by atoms with Crippen LogP contribution in [0.3, 0.4) is 0 Å². The fourth-order valence-corrected chi connectivity index (χ4v) is 4.46. The van der Waals surface area contributed by atoms with E-state index in [9.17, 15) is 14.4 Å². The third-order valence-corrected chi connectivity index (χ3v) is 6.56. The smallest absolute Gasteiger partial charge is 0.325 e. The van der Waals surface area contributed by atoms with Gasteiger partial charge in [0.05, 0.1) is 0 Å². The molecule has 1 saturated heterocycles. The van der Waals surface area contributed by atoms with Crippen LogP contribution in [0.15, 0.2) is 54.6 Å². The largest absolute Gasteiger partial charge is 0.334 e. The maximum absolute atomic E-state index is 13.3. The molecule has 2 aromatic carbocycles. The Hall–Kier alpha value is -3.15. The van der Waals surface area contributed by atoms with Crippen LogP contribution in [0.25, 0.3) is 0 Å². The number of nitrogens with zero attached hydrogens (tertiary/aromatic N) is 2. The van der Waals surface area contributed by atoms with E-state index in [4.69, 9.17) is 0 Å². The minimum absolute atomic E-state index is 0.0659. The van der Waals surface area contributed by atoms with Gasteiger partial charge in [0.2, 0.25) is 5.91 Å². The molecule has 1 N–H and O–H groups in total. The number of carbonyl (C=O) groups is 3. The van der Waals surface area contributed by atoms with E-state index in [2.05, 4.69) is 12.2 Å². The molecule has 31 heavy (non-hydrogen) atoms. The van der Waals surface area contributed by atoms with Crippen molar-refractivity contribution in [2.24, 2.45) is 5.92 Å². The van der Waals surface area contributed by atoms with Gasteiger partial charge in [-0.25, -0.2) is 4.79 Å². The van der Waals surface area contributed by atoms with E-state index in [1.807, 2.05) is 66.4 Å². The van der Waals surface area contributed by atoms with Gasteiger partial charge in [0.15, 0.2) is 0 Å². The van der Waals surface area contributed by atoms with Crippen LogP contribution in [-0.4, -0.2) is 40.2 Å². The highest BCUT2D eigenvalue weighted by atomic mass is 16.2.